The Morgan fingerprint density at radius 3 is 2.14 bits per heavy atom. The summed E-state index contributed by atoms with van der Waals surface area (Å²) < 4.78 is 0. The number of carboxylic acid groups (broad SMARTS) is 1. The molecule has 0 bridgehead atoms. The van der Waals surface area contributed by atoms with Crippen LogP contribution in [0, 0.1) is 5.92 Å². The Labute approximate surface area is 244 Å². The third-order valence-corrected chi connectivity index (χ3v) is 7.16. The predicted molar refractivity (Wildman–Crippen MR) is 154 cm³/mol. The van der Waals surface area contributed by atoms with Crippen LogP contribution in [0.1, 0.15) is 50.8 Å². The van der Waals surface area contributed by atoms with Crippen LogP contribution in [-0.4, -0.2) is 75.4 Å². The van der Waals surface area contributed by atoms with Crippen molar-refractivity contribution >= 4 is 29.6 Å². The van der Waals surface area contributed by atoms with E-state index in [2.05, 4.69) is 16.0 Å². The van der Waals surface area contributed by atoms with Crippen LogP contribution in [-0.2, 0) is 30.4 Å². The summed E-state index contributed by atoms with van der Waals surface area (Å²) in [5, 5.41) is 27.2. The first kappa shape index (κ1) is 32.1. The number of nitrogens with two attached hydrogens (primary N) is 1. The average molecular weight is 582 g/mol. The number of phenols is 1. The summed E-state index contributed by atoms with van der Waals surface area (Å²) in [5.74, 6) is -3.72. The lowest BCUT2D eigenvalue weighted by Crippen LogP contribution is -2.57. The molecule has 2 aromatic rings. The van der Waals surface area contributed by atoms with E-state index in [0.29, 0.717) is 30.5 Å². The van der Waals surface area contributed by atoms with Gasteiger partial charge in [-0.25, -0.2) is 4.79 Å². The number of nitrogens with zero attached hydrogens (tertiary/aromatic N) is 1. The van der Waals surface area contributed by atoms with Gasteiger partial charge in [-0.1, -0.05) is 56.3 Å². The van der Waals surface area contributed by atoms with E-state index >= 15 is 0 Å². The number of phenolic OH excluding ortho intramolecular Hbond substituents is 1. The van der Waals surface area contributed by atoms with Crippen LogP contribution in [0.2, 0.25) is 0 Å². The molecule has 0 aliphatic carbocycles. The number of carboxylic acids is 1. The second-order valence-corrected chi connectivity index (χ2v) is 10.8. The van der Waals surface area contributed by atoms with Gasteiger partial charge >= 0.3 is 5.97 Å². The van der Waals surface area contributed by atoms with Crippen molar-refractivity contribution in [1.29, 1.82) is 0 Å². The van der Waals surface area contributed by atoms with Gasteiger partial charge in [-0.3, -0.25) is 19.2 Å². The molecule has 1 aliphatic rings. The van der Waals surface area contributed by atoms with Crippen molar-refractivity contribution in [2.45, 2.75) is 70.2 Å². The molecule has 0 spiro atoms. The molecule has 0 radical (unpaired) electrons. The molecule has 1 fully saturated rings. The molecule has 12 heteroatoms. The molecule has 0 aromatic heterocycles. The number of benzene rings is 2. The zero-order valence-electron chi connectivity index (χ0n) is 23.9. The molecule has 2 aromatic carbocycles. The number of rotatable bonds is 12. The Balaban J connectivity index is 1.80. The third-order valence-electron chi connectivity index (χ3n) is 7.16. The number of amides is 4. The SMILES string of the molecule is CC(C)[C@H](NC(=O)[C@H](C)N)C(=O)N1CCC[C@H]1C(=O)N[C@H](C(=O)N[C@@H](Cc1ccc(O)cc1)C(=O)O)c1ccccc1. The Bertz CT molecular complexity index is 1270. The van der Waals surface area contributed by atoms with Crippen LogP contribution < -0.4 is 21.7 Å². The molecule has 4 amide bonds. The quantitative estimate of drug-likeness (QED) is 0.212. The number of likely N-dealkylation sites (tertiary alicyclic amines) is 1. The molecular weight excluding hydrogens is 542 g/mol. The number of hydrogen-bond acceptors (Lipinski definition) is 7. The van der Waals surface area contributed by atoms with Crippen molar-refractivity contribution in [2.75, 3.05) is 6.54 Å². The minimum Gasteiger partial charge on any atom is -0.508 e. The van der Waals surface area contributed by atoms with Crippen LogP contribution in [0.4, 0.5) is 0 Å². The van der Waals surface area contributed by atoms with Crippen molar-refractivity contribution in [3.05, 3.63) is 65.7 Å². The highest BCUT2D eigenvalue weighted by molar-refractivity contribution is 5.96. The zero-order valence-corrected chi connectivity index (χ0v) is 23.9. The van der Waals surface area contributed by atoms with Crippen molar-refractivity contribution in [1.82, 2.24) is 20.9 Å². The standard InChI is InChI=1S/C30H39N5O7/c1-17(2)24(33-26(37)18(3)31)29(40)35-15-7-10-23(35)27(38)34-25(20-8-5-4-6-9-20)28(39)32-22(30(41)42)16-19-11-13-21(36)14-12-19/h4-6,8-9,11-14,17-18,22-25,36H,7,10,15-16,31H2,1-3H3,(H,32,39)(H,33,37)(H,34,38)(H,41,42)/t18-,22-,23-,24-,25-/m0/s1. The largest absolute Gasteiger partial charge is 0.508 e. The molecule has 1 saturated heterocycles. The monoisotopic (exact) mass is 581 g/mol. The third kappa shape index (κ3) is 8.29. The number of carbonyl (C=O) groups is 5. The number of aliphatic carboxylic acids is 1. The first-order valence-corrected chi connectivity index (χ1v) is 13.9. The summed E-state index contributed by atoms with van der Waals surface area (Å²) in [6.45, 7) is 5.37. The maximum Gasteiger partial charge on any atom is 0.326 e. The van der Waals surface area contributed by atoms with Gasteiger partial charge in [0.2, 0.25) is 23.6 Å². The minimum atomic E-state index is -1.31. The van der Waals surface area contributed by atoms with Gasteiger partial charge in [-0.05, 0) is 48.9 Å². The fraction of sp³-hybridized carbons (Fsp3) is 0.433. The first-order chi connectivity index (χ1) is 19.9. The minimum absolute atomic E-state index is 0.0250. The van der Waals surface area contributed by atoms with E-state index in [1.54, 1.807) is 56.3 Å². The summed E-state index contributed by atoms with van der Waals surface area (Å²) in [7, 11) is 0. The molecule has 0 unspecified atom stereocenters. The summed E-state index contributed by atoms with van der Waals surface area (Å²) in [6.07, 6.45) is 0.850. The maximum absolute atomic E-state index is 13.6. The van der Waals surface area contributed by atoms with E-state index in [1.807, 2.05) is 0 Å². The number of aromatic hydroxyl groups is 1. The lowest BCUT2D eigenvalue weighted by Gasteiger charge is -2.31. The summed E-state index contributed by atoms with van der Waals surface area (Å²) in [6, 6.07) is 9.20. The van der Waals surface area contributed by atoms with Crippen LogP contribution >= 0.6 is 0 Å². The normalized spacial score (nSPS) is 17.5. The Kier molecular flexibility index (Phi) is 11.0. The molecule has 3 rings (SSSR count). The predicted octanol–water partition coefficient (Wildman–Crippen LogP) is 0.841. The molecule has 226 valence electrons. The second kappa shape index (κ2) is 14.4. The molecule has 7 N–H and O–H groups in total. The van der Waals surface area contributed by atoms with Crippen molar-refractivity contribution in [3.8, 4) is 5.75 Å². The van der Waals surface area contributed by atoms with Gasteiger partial charge in [0.05, 0.1) is 6.04 Å². The maximum atomic E-state index is 13.6. The van der Waals surface area contributed by atoms with Crippen molar-refractivity contribution < 1.29 is 34.2 Å². The van der Waals surface area contributed by atoms with E-state index < -0.39 is 59.8 Å². The van der Waals surface area contributed by atoms with Crippen LogP contribution in [0.25, 0.3) is 0 Å². The van der Waals surface area contributed by atoms with Crippen molar-refractivity contribution in [3.63, 3.8) is 0 Å². The highest BCUT2D eigenvalue weighted by Gasteiger charge is 2.40. The summed E-state index contributed by atoms with van der Waals surface area (Å²) >= 11 is 0. The van der Waals surface area contributed by atoms with E-state index in [4.69, 9.17) is 5.73 Å². The molecule has 1 heterocycles. The summed E-state index contributed by atoms with van der Waals surface area (Å²) in [4.78, 5) is 66.2. The Morgan fingerprint density at radius 2 is 1.57 bits per heavy atom. The molecular formula is C30H39N5O7. The van der Waals surface area contributed by atoms with Crippen LogP contribution in [0.3, 0.4) is 0 Å². The molecule has 0 saturated carbocycles. The average Bonchev–Trinajstić information content (AvgIpc) is 3.45. The van der Waals surface area contributed by atoms with Gasteiger partial charge in [0.25, 0.3) is 0 Å². The Morgan fingerprint density at radius 1 is 0.929 bits per heavy atom. The Hall–Kier alpha value is -4.45. The van der Waals surface area contributed by atoms with E-state index in [0.717, 1.165) is 0 Å². The van der Waals surface area contributed by atoms with Crippen molar-refractivity contribution in [2.24, 2.45) is 11.7 Å². The first-order valence-electron chi connectivity index (χ1n) is 13.9. The van der Waals surface area contributed by atoms with E-state index in [9.17, 15) is 34.2 Å². The molecule has 42 heavy (non-hydrogen) atoms. The number of nitrogens with one attached hydrogen (secondary N) is 3. The van der Waals surface area contributed by atoms with E-state index in [1.165, 1.54) is 24.0 Å². The fourth-order valence-electron chi connectivity index (χ4n) is 4.79. The van der Waals surface area contributed by atoms with Gasteiger partial charge in [0, 0.05) is 13.0 Å². The van der Waals surface area contributed by atoms with Gasteiger partial charge in [0.15, 0.2) is 0 Å². The summed E-state index contributed by atoms with van der Waals surface area (Å²) in [5.41, 5.74) is 6.68. The van der Waals surface area contributed by atoms with E-state index in [-0.39, 0.29) is 18.1 Å². The van der Waals surface area contributed by atoms with Crippen LogP contribution in [0.5, 0.6) is 5.75 Å². The molecule has 12 nitrogen and oxygen atoms in total. The van der Waals surface area contributed by atoms with Gasteiger partial charge in [0.1, 0.15) is 29.9 Å². The smallest absolute Gasteiger partial charge is 0.326 e. The highest BCUT2D eigenvalue weighted by Crippen LogP contribution is 2.23. The lowest BCUT2D eigenvalue weighted by atomic mass is 10.0. The fourth-order valence-corrected chi connectivity index (χ4v) is 4.79. The number of carbonyl (C=O) groups excluding carboxylic acids is 4. The molecule has 1 aliphatic heterocycles. The second-order valence-electron chi connectivity index (χ2n) is 10.8. The van der Waals surface area contributed by atoms with Gasteiger partial charge < -0.3 is 36.8 Å². The lowest BCUT2D eigenvalue weighted by molar-refractivity contribution is -0.144. The van der Waals surface area contributed by atoms with Gasteiger partial charge in [-0.2, -0.15) is 0 Å². The zero-order chi connectivity index (χ0) is 31.0. The molecule has 5 atom stereocenters. The topological polar surface area (TPSA) is 191 Å². The number of hydrogen-bond donors (Lipinski definition) is 6. The highest BCUT2D eigenvalue weighted by atomic mass is 16.4. The van der Waals surface area contributed by atoms with Gasteiger partial charge in [-0.15, -0.1) is 0 Å². The van der Waals surface area contributed by atoms with Crippen LogP contribution in [0.15, 0.2) is 54.6 Å².